The van der Waals surface area contributed by atoms with Gasteiger partial charge in [0.1, 0.15) is 17.6 Å². The number of rotatable bonds is 7. The number of aromatic nitrogens is 2. The van der Waals surface area contributed by atoms with Crippen LogP contribution in [0.1, 0.15) is 22.9 Å². The molecule has 1 saturated heterocycles. The summed E-state index contributed by atoms with van der Waals surface area (Å²) in [4.78, 5) is 8.83. The molecular formula is C23H22N4O4. The first-order chi connectivity index (χ1) is 15.1. The lowest BCUT2D eigenvalue weighted by Gasteiger charge is -2.26. The van der Waals surface area contributed by atoms with E-state index in [1.807, 2.05) is 6.92 Å². The Hall–Kier alpha value is -3.51. The molecule has 0 amide bonds. The van der Waals surface area contributed by atoms with Crippen LogP contribution in [0.3, 0.4) is 0 Å². The Kier molecular flexibility index (Phi) is 6.09. The van der Waals surface area contributed by atoms with Gasteiger partial charge in [-0.2, -0.15) is 5.26 Å². The maximum absolute atomic E-state index is 9.89. The Labute approximate surface area is 179 Å². The minimum atomic E-state index is -0.766. The predicted octanol–water partition coefficient (Wildman–Crippen LogP) is 2.89. The van der Waals surface area contributed by atoms with Crippen LogP contribution in [0.4, 0.5) is 0 Å². The maximum atomic E-state index is 9.89. The van der Waals surface area contributed by atoms with Gasteiger partial charge >= 0.3 is 0 Å². The Morgan fingerprint density at radius 3 is 2.74 bits per heavy atom. The molecule has 0 unspecified atom stereocenters. The molecule has 31 heavy (non-hydrogen) atoms. The van der Waals surface area contributed by atoms with E-state index in [0.29, 0.717) is 53.0 Å². The van der Waals surface area contributed by atoms with E-state index in [2.05, 4.69) is 16.0 Å². The summed E-state index contributed by atoms with van der Waals surface area (Å²) in [6.45, 7) is 3.05. The Balaban J connectivity index is 1.65. The van der Waals surface area contributed by atoms with Crippen LogP contribution in [0.25, 0.3) is 11.3 Å². The van der Waals surface area contributed by atoms with Crippen molar-refractivity contribution < 1.29 is 19.3 Å². The second-order valence-electron chi connectivity index (χ2n) is 7.21. The van der Waals surface area contributed by atoms with Crippen LogP contribution in [0, 0.1) is 18.3 Å². The Morgan fingerprint density at radius 2 is 2.10 bits per heavy atom. The van der Waals surface area contributed by atoms with Gasteiger partial charge in [0.25, 0.3) is 0 Å². The fraction of sp³-hybridized carbons (Fsp3) is 0.261. The number of pyridine rings is 2. The standard InChI is InChI=1S/C23H22N4O4/c1-14-6-17(8-23(27-14)31-18-12-29-13-18)30-22-7-15(9-24)2-4-19(22)20-5-3-16(11-26-20)21(28)10-25/h2-8,11,18,21,28H,10,12-13,25H2,1H3/t21-/m1/s1. The number of aliphatic hydroxyl groups excluding tert-OH is 1. The number of hydrogen-bond acceptors (Lipinski definition) is 8. The number of nitrogens with zero attached hydrogens (tertiary/aromatic N) is 3. The van der Waals surface area contributed by atoms with Crippen molar-refractivity contribution in [2.75, 3.05) is 19.8 Å². The largest absolute Gasteiger partial charge is 0.469 e. The first-order valence-electron chi connectivity index (χ1n) is 9.85. The van der Waals surface area contributed by atoms with Crippen molar-refractivity contribution in [1.29, 1.82) is 5.26 Å². The van der Waals surface area contributed by atoms with E-state index in [1.54, 1.807) is 48.7 Å². The summed E-state index contributed by atoms with van der Waals surface area (Å²) in [6, 6.07) is 14.3. The lowest BCUT2D eigenvalue weighted by Crippen LogP contribution is -2.38. The van der Waals surface area contributed by atoms with Crippen molar-refractivity contribution >= 4 is 0 Å². The summed E-state index contributed by atoms with van der Waals surface area (Å²) < 4.78 is 17.1. The van der Waals surface area contributed by atoms with Crippen molar-refractivity contribution in [3.05, 3.63) is 65.5 Å². The molecule has 1 aliphatic heterocycles. The Morgan fingerprint density at radius 1 is 1.26 bits per heavy atom. The molecule has 158 valence electrons. The summed E-state index contributed by atoms with van der Waals surface area (Å²) in [7, 11) is 0. The number of nitrogens with two attached hydrogens (primary N) is 1. The van der Waals surface area contributed by atoms with E-state index in [-0.39, 0.29) is 12.6 Å². The van der Waals surface area contributed by atoms with Crippen molar-refractivity contribution in [3.8, 4) is 34.7 Å². The molecule has 0 bridgehead atoms. The van der Waals surface area contributed by atoms with Crippen LogP contribution in [0.15, 0.2) is 48.7 Å². The van der Waals surface area contributed by atoms with Crippen LogP contribution in [-0.2, 0) is 4.74 Å². The maximum Gasteiger partial charge on any atom is 0.217 e. The fourth-order valence-electron chi connectivity index (χ4n) is 3.09. The summed E-state index contributed by atoms with van der Waals surface area (Å²) in [5, 5.41) is 19.2. The van der Waals surface area contributed by atoms with E-state index >= 15 is 0 Å². The number of ether oxygens (including phenoxy) is 3. The average molecular weight is 418 g/mol. The van der Waals surface area contributed by atoms with Gasteiger partial charge < -0.3 is 25.1 Å². The quantitative estimate of drug-likeness (QED) is 0.600. The van der Waals surface area contributed by atoms with Crippen molar-refractivity contribution in [2.24, 2.45) is 5.73 Å². The highest BCUT2D eigenvalue weighted by molar-refractivity contribution is 5.69. The summed E-state index contributed by atoms with van der Waals surface area (Å²) in [6.07, 6.45) is 0.807. The first kappa shape index (κ1) is 20.8. The van der Waals surface area contributed by atoms with Crippen LogP contribution in [0.2, 0.25) is 0 Å². The molecular weight excluding hydrogens is 396 g/mol. The minimum absolute atomic E-state index is 0.00814. The third kappa shape index (κ3) is 4.81. The first-order valence-corrected chi connectivity index (χ1v) is 9.85. The molecule has 0 spiro atoms. The number of nitriles is 1. The third-order valence-electron chi connectivity index (χ3n) is 4.81. The van der Waals surface area contributed by atoms with E-state index in [1.165, 1.54) is 0 Å². The SMILES string of the molecule is Cc1cc(Oc2cc(C#N)ccc2-c2ccc([C@H](O)CN)cn2)cc(OC2COC2)n1. The molecule has 8 nitrogen and oxygen atoms in total. The van der Waals surface area contributed by atoms with Gasteiger partial charge in [0.15, 0.2) is 0 Å². The van der Waals surface area contributed by atoms with Crippen LogP contribution in [0.5, 0.6) is 17.4 Å². The molecule has 1 aliphatic rings. The second-order valence-corrected chi connectivity index (χ2v) is 7.21. The molecule has 1 atom stereocenters. The zero-order chi connectivity index (χ0) is 21.8. The van der Waals surface area contributed by atoms with Crippen molar-refractivity contribution in [3.63, 3.8) is 0 Å². The molecule has 3 N–H and O–H groups in total. The molecule has 2 aromatic heterocycles. The normalized spacial score (nSPS) is 14.4. The zero-order valence-electron chi connectivity index (χ0n) is 17.0. The van der Waals surface area contributed by atoms with Gasteiger partial charge in [-0.15, -0.1) is 0 Å². The summed E-state index contributed by atoms with van der Waals surface area (Å²) in [5.74, 6) is 1.47. The van der Waals surface area contributed by atoms with E-state index < -0.39 is 6.10 Å². The van der Waals surface area contributed by atoms with Gasteiger partial charge in [0.05, 0.1) is 36.6 Å². The van der Waals surface area contributed by atoms with Crippen LogP contribution < -0.4 is 15.2 Å². The van der Waals surface area contributed by atoms with Gasteiger partial charge in [-0.05, 0) is 31.2 Å². The molecule has 3 heterocycles. The predicted molar refractivity (Wildman–Crippen MR) is 113 cm³/mol. The van der Waals surface area contributed by atoms with Crippen LogP contribution >= 0.6 is 0 Å². The highest BCUT2D eigenvalue weighted by Crippen LogP contribution is 2.35. The number of aliphatic hydroxyl groups is 1. The Bertz CT molecular complexity index is 1110. The monoisotopic (exact) mass is 418 g/mol. The molecule has 4 rings (SSSR count). The third-order valence-corrected chi connectivity index (χ3v) is 4.81. The summed E-state index contributed by atoms with van der Waals surface area (Å²) in [5.41, 5.74) is 8.69. The van der Waals surface area contributed by atoms with Gasteiger partial charge in [-0.3, -0.25) is 4.98 Å². The van der Waals surface area contributed by atoms with E-state index in [4.69, 9.17) is 19.9 Å². The van der Waals surface area contributed by atoms with Gasteiger partial charge in [0, 0.05) is 41.7 Å². The number of benzene rings is 1. The summed E-state index contributed by atoms with van der Waals surface area (Å²) >= 11 is 0. The average Bonchev–Trinajstić information content (AvgIpc) is 2.75. The van der Waals surface area contributed by atoms with Crippen molar-refractivity contribution in [2.45, 2.75) is 19.1 Å². The van der Waals surface area contributed by atoms with E-state index in [9.17, 15) is 10.4 Å². The minimum Gasteiger partial charge on any atom is -0.469 e. The number of aryl methyl sites for hydroxylation is 1. The highest BCUT2D eigenvalue weighted by Gasteiger charge is 2.21. The van der Waals surface area contributed by atoms with Gasteiger partial charge in [-0.25, -0.2) is 4.98 Å². The second kappa shape index (κ2) is 9.10. The van der Waals surface area contributed by atoms with Gasteiger partial charge in [0.2, 0.25) is 5.88 Å². The molecule has 1 fully saturated rings. The molecule has 0 aliphatic carbocycles. The highest BCUT2D eigenvalue weighted by atomic mass is 16.6. The van der Waals surface area contributed by atoms with Gasteiger partial charge in [-0.1, -0.05) is 6.07 Å². The zero-order valence-corrected chi connectivity index (χ0v) is 17.0. The fourth-order valence-corrected chi connectivity index (χ4v) is 3.09. The van der Waals surface area contributed by atoms with Crippen LogP contribution in [-0.4, -0.2) is 40.9 Å². The topological polar surface area (TPSA) is 124 Å². The molecule has 1 aromatic carbocycles. The lowest BCUT2D eigenvalue weighted by molar-refractivity contribution is -0.0814. The van der Waals surface area contributed by atoms with Crippen molar-refractivity contribution in [1.82, 2.24) is 9.97 Å². The molecule has 0 radical (unpaired) electrons. The lowest BCUT2D eigenvalue weighted by atomic mass is 10.1. The molecule has 0 saturated carbocycles. The molecule has 3 aromatic rings. The smallest absolute Gasteiger partial charge is 0.217 e. The molecule has 8 heteroatoms. The van der Waals surface area contributed by atoms with E-state index in [0.717, 1.165) is 5.69 Å². The number of hydrogen-bond donors (Lipinski definition) is 2.